The molecule has 0 saturated heterocycles. The first-order valence-corrected chi connectivity index (χ1v) is 5.67. The summed E-state index contributed by atoms with van der Waals surface area (Å²) in [7, 11) is 0. The Hall–Kier alpha value is 1.29. The van der Waals surface area contributed by atoms with E-state index in [-0.39, 0.29) is 0 Å². The molecule has 0 atom stereocenters. The molecule has 0 unspecified atom stereocenters. The number of rotatable bonds is 0. The van der Waals surface area contributed by atoms with Gasteiger partial charge in [0.2, 0.25) is 0 Å². The van der Waals surface area contributed by atoms with Gasteiger partial charge in [-0.2, -0.15) is 0 Å². The fraction of sp³-hybridized carbons (Fsp3) is 0. The zero-order valence-electron chi connectivity index (χ0n) is 2.74. The summed E-state index contributed by atoms with van der Waals surface area (Å²) < 4.78 is 11.6. The zero-order valence-corrected chi connectivity index (χ0v) is 13.7. The van der Waals surface area contributed by atoms with E-state index in [0.29, 0.717) is 26.1 Å². The maximum atomic E-state index is 9.69. The monoisotopic (exact) mass is 449 g/mol. The fourth-order valence-corrected chi connectivity index (χ4v) is 0. The van der Waals surface area contributed by atoms with Gasteiger partial charge in [-0.15, -0.1) is 0 Å². The molecule has 0 heterocycles. The van der Waals surface area contributed by atoms with Crippen LogP contribution in [0.5, 0.6) is 0 Å². The molecule has 0 radical (unpaired) electrons. The molecule has 20 valence electrons. The van der Waals surface area contributed by atoms with Crippen LogP contribution in [0.1, 0.15) is 0 Å². The van der Waals surface area contributed by atoms with Crippen LogP contribution in [0.25, 0.3) is 0 Å². The van der Waals surface area contributed by atoms with Crippen LogP contribution in [-0.4, -0.2) is 0 Å². The molecule has 0 rings (SSSR count). The molecule has 0 spiro atoms. The Kier molecular flexibility index (Phi) is 35.5. The van der Waals surface area contributed by atoms with Crippen LogP contribution in [0, 0.1) is 8.84 Å². The molecule has 0 aliphatic rings. The molecule has 0 aromatic carbocycles. The van der Waals surface area contributed by atoms with Gasteiger partial charge in [-0.1, -0.05) is 0 Å². The van der Waals surface area contributed by atoms with E-state index in [9.17, 15) is 2.47 Å². The van der Waals surface area contributed by atoms with E-state index in [0.717, 1.165) is 0 Å². The summed E-state index contributed by atoms with van der Waals surface area (Å²) in [5.41, 5.74) is 0. The van der Waals surface area contributed by atoms with E-state index < -0.39 is 26.8 Å². The summed E-state index contributed by atoms with van der Waals surface area (Å²) in [6.45, 7) is 0. The van der Waals surface area contributed by atoms with Crippen molar-refractivity contribution in [2.45, 2.75) is 0 Å². The summed E-state index contributed by atoms with van der Waals surface area (Å²) >= 11 is -0.100. The van der Waals surface area contributed by atoms with Gasteiger partial charge in [-0.25, -0.2) is 0 Å². The number of nitriles is 1. The molecule has 1 nitrogen and oxygen atoms in total. The number of halogens is 1. The first-order valence-electron chi connectivity index (χ1n) is 0.844. The molecule has 0 aliphatic carbocycles. The zero-order chi connectivity index (χ0) is 4.71. The Morgan fingerprint density at radius 3 is 1.60 bits per heavy atom. The van der Waals surface area contributed by atoms with Crippen LogP contribution >= 0.6 is 0 Å². The van der Waals surface area contributed by atoms with Crippen molar-refractivity contribution in [2.24, 2.45) is 0 Å². The van der Waals surface area contributed by atoms with Crippen LogP contribution in [0.4, 0.5) is 2.47 Å². The Balaban J connectivity index is 0. The summed E-state index contributed by atoms with van der Waals surface area (Å²) in [5, 5.41) is 7.41. The van der Waals surface area contributed by atoms with Crippen molar-refractivity contribution in [3.63, 3.8) is 0 Å². The molecule has 0 saturated carbocycles. The van der Waals surface area contributed by atoms with E-state index in [4.69, 9.17) is 5.26 Å². The first-order chi connectivity index (χ1) is 2.41. The predicted octanol–water partition coefficient (Wildman–Crippen LogP) is 0.432. The Morgan fingerprint density at radius 1 is 1.60 bits per heavy atom. The summed E-state index contributed by atoms with van der Waals surface area (Å²) in [5.74, 6) is 0. The van der Waals surface area contributed by atoms with Crippen molar-refractivity contribution in [3.05, 3.63) is 0 Å². The van der Waals surface area contributed by atoms with Crippen LogP contribution in [-0.2, 0) is 52.9 Å². The van der Waals surface area contributed by atoms with Gasteiger partial charge in [0.05, 0.1) is 0 Å². The van der Waals surface area contributed by atoms with Gasteiger partial charge in [0, 0.05) is 0 Å². The van der Waals surface area contributed by atoms with Gasteiger partial charge < -0.3 is 0 Å². The minimum atomic E-state index is -0.472. The number of nitrogens with zero attached hydrogens (tertiary/aromatic N) is 1. The van der Waals surface area contributed by atoms with Crippen molar-refractivity contribution < 1.29 is 55.3 Å². The molecule has 0 aromatic rings. The normalized spacial score (nSPS) is 3.20. The summed E-state index contributed by atoms with van der Waals surface area (Å²) in [6, 6.07) is 0. The Bertz CT molecular complexity index is 31.1. The van der Waals surface area contributed by atoms with Crippen LogP contribution in [0.3, 0.4) is 0 Å². The van der Waals surface area contributed by atoms with Gasteiger partial charge >= 0.3 is 64.2 Å². The molecule has 0 fully saturated rings. The fourth-order valence-electron chi connectivity index (χ4n) is 0. The predicted molar refractivity (Wildman–Crippen MR) is 6.72 cm³/mol. The van der Waals surface area contributed by atoms with E-state index in [2.05, 4.69) is 0 Å². The van der Waals surface area contributed by atoms with E-state index in [1.807, 2.05) is 3.58 Å². The van der Waals surface area contributed by atoms with Gasteiger partial charge in [-0.3, -0.25) is 0 Å². The van der Waals surface area contributed by atoms with Crippen molar-refractivity contribution in [2.75, 3.05) is 0 Å². The maximum absolute atomic E-state index is 9.69. The van der Waals surface area contributed by atoms with Crippen LogP contribution < -0.4 is 0 Å². The Labute approximate surface area is 63.4 Å². The second-order valence-corrected chi connectivity index (χ2v) is 1.39. The first kappa shape index (κ1) is 9.56. The van der Waals surface area contributed by atoms with Crippen molar-refractivity contribution in [1.82, 2.24) is 0 Å². The minimum absolute atomic E-state index is 0.372. The van der Waals surface area contributed by atoms with Gasteiger partial charge in [-0.05, 0) is 0 Å². The molecule has 0 bridgehead atoms. The molecule has 0 N–H and O–H groups in total. The Morgan fingerprint density at radius 2 is 1.60 bits per heavy atom. The topological polar surface area (TPSA) is 23.8 Å². The second-order valence-electron chi connectivity index (χ2n) is 0.158. The molecule has 0 aromatic heterocycles. The van der Waals surface area contributed by atoms with Crippen molar-refractivity contribution in [1.29, 1.82) is 5.26 Å². The molecule has 0 amide bonds. The summed E-state index contributed by atoms with van der Waals surface area (Å²) in [6.07, 6.45) is 0. The summed E-state index contributed by atoms with van der Waals surface area (Å²) in [4.78, 5) is 0. The average molecular weight is 446 g/mol. The van der Waals surface area contributed by atoms with E-state index >= 15 is 0 Å². The van der Waals surface area contributed by atoms with E-state index in [1.54, 1.807) is 0 Å². The average Bonchev–Trinajstić information content (AvgIpc) is 1.46. The molecular weight excluding hydrogens is 446 g/mol. The molecule has 0 aliphatic heterocycles. The third kappa shape index (κ3) is 34.4. The van der Waals surface area contributed by atoms with Crippen LogP contribution in [0.15, 0.2) is 0 Å². The second kappa shape index (κ2) is 18.6. The molecule has 5 heavy (non-hydrogen) atoms. The van der Waals surface area contributed by atoms with Gasteiger partial charge in [0.15, 0.2) is 0 Å². The SMILES string of the molecule is N#[C][Hg].[F][Hg]. The van der Waals surface area contributed by atoms with Crippen molar-refractivity contribution in [3.8, 4) is 3.58 Å². The van der Waals surface area contributed by atoms with Gasteiger partial charge in [0.1, 0.15) is 0 Å². The van der Waals surface area contributed by atoms with Crippen LogP contribution in [0.2, 0.25) is 0 Å². The van der Waals surface area contributed by atoms with E-state index in [1.165, 1.54) is 0 Å². The molecular formula is CFHg2N. The quantitative estimate of drug-likeness (QED) is 0.496. The number of hydrogen-bond acceptors (Lipinski definition) is 1. The van der Waals surface area contributed by atoms with Crippen molar-refractivity contribution >= 4 is 0 Å². The van der Waals surface area contributed by atoms with Gasteiger partial charge in [0.25, 0.3) is 0 Å². The third-order valence-corrected chi connectivity index (χ3v) is 0. The molecule has 4 heteroatoms. The number of hydrogen-bond donors (Lipinski definition) is 0. The third-order valence-electron chi connectivity index (χ3n) is 0. The standard InChI is InChI=1S/CN.FH.2Hg/c1-2;;;/h;1H;;/q;;;+1/p-1.